The predicted molar refractivity (Wildman–Crippen MR) is 53.9 cm³/mol. The van der Waals surface area contributed by atoms with Crippen LogP contribution >= 0.6 is 11.8 Å². The summed E-state index contributed by atoms with van der Waals surface area (Å²) in [5, 5.41) is 17.7. The van der Waals surface area contributed by atoms with E-state index in [1.807, 2.05) is 0 Å². The molecule has 1 aliphatic heterocycles. The van der Waals surface area contributed by atoms with Gasteiger partial charge in [-0.2, -0.15) is 5.26 Å². The Morgan fingerprint density at radius 2 is 2.29 bits per heavy atom. The van der Waals surface area contributed by atoms with Gasteiger partial charge in [-0.05, 0) is 12.8 Å². The third kappa shape index (κ3) is 1.90. The zero-order chi connectivity index (χ0) is 9.80. The van der Waals surface area contributed by atoms with Gasteiger partial charge in [0, 0.05) is 13.0 Å². The quantitative estimate of drug-likeness (QED) is 0.693. The standard InChI is InChI=1S/C9H12N4S/c10-5-7-14-9-12-11-8-4-2-1-3-6-13(8)9/h1-4,6-7H2. The van der Waals surface area contributed by atoms with Crippen LogP contribution in [0.3, 0.4) is 0 Å². The Balaban J connectivity index is 2.17. The lowest BCUT2D eigenvalue weighted by molar-refractivity contribution is 0.591. The Morgan fingerprint density at radius 1 is 1.36 bits per heavy atom. The van der Waals surface area contributed by atoms with E-state index in [4.69, 9.17) is 5.26 Å². The Bertz CT molecular complexity index is 352. The molecule has 1 aliphatic rings. The van der Waals surface area contributed by atoms with E-state index in [1.54, 1.807) is 0 Å². The summed E-state index contributed by atoms with van der Waals surface area (Å²) in [6.07, 6.45) is 4.71. The molecule has 2 heterocycles. The Labute approximate surface area is 87.3 Å². The summed E-state index contributed by atoms with van der Waals surface area (Å²) < 4.78 is 2.16. The van der Waals surface area contributed by atoms with E-state index < -0.39 is 0 Å². The summed E-state index contributed by atoms with van der Waals surface area (Å²) in [7, 11) is 0. The van der Waals surface area contributed by atoms with Crippen LogP contribution in [0, 0.1) is 11.3 Å². The molecule has 0 aromatic carbocycles. The molecule has 5 heteroatoms. The van der Waals surface area contributed by atoms with Crippen molar-refractivity contribution in [2.24, 2.45) is 0 Å². The molecule has 1 aromatic heterocycles. The molecule has 4 nitrogen and oxygen atoms in total. The first-order valence-corrected chi connectivity index (χ1v) is 5.82. The number of thioether (sulfide) groups is 1. The van der Waals surface area contributed by atoms with Crippen LogP contribution in [-0.2, 0) is 13.0 Å². The summed E-state index contributed by atoms with van der Waals surface area (Å²) in [6, 6.07) is 2.11. The van der Waals surface area contributed by atoms with Gasteiger partial charge in [0.15, 0.2) is 5.16 Å². The zero-order valence-corrected chi connectivity index (χ0v) is 8.76. The summed E-state index contributed by atoms with van der Waals surface area (Å²) in [5.74, 6) is 1.54. The van der Waals surface area contributed by atoms with Crippen molar-refractivity contribution in [2.45, 2.75) is 37.4 Å². The van der Waals surface area contributed by atoms with E-state index >= 15 is 0 Å². The lowest BCUT2D eigenvalue weighted by atomic mass is 10.2. The average molecular weight is 208 g/mol. The van der Waals surface area contributed by atoms with E-state index in [0.717, 1.165) is 23.9 Å². The fraction of sp³-hybridized carbons (Fsp3) is 0.667. The van der Waals surface area contributed by atoms with Crippen molar-refractivity contribution in [3.05, 3.63) is 5.82 Å². The number of aromatic nitrogens is 3. The third-order valence-corrected chi connectivity index (χ3v) is 3.18. The zero-order valence-electron chi connectivity index (χ0n) is 7.94. The molecule has 0 atom stereocenters. The first-order valence-electron chi connectivity index (χ1n) is 4.83. The molecular formula is C9H12N4S. The molecular weight excluding hydrogens is 196 g/mol. The maximum Gasteiger partial charge on any atom is 0.192 e. The van der Waals surface area contributed by atoms with Crippen LogP contribution in [0.1, 0.15) is 25.1 Å². The smallest absolute Gasteiger partial charge is 0.192 e. The first-order chi connectivity index (χ1) is 6.92. The number of nitriles is 1. The normalized spacial score (nSPS) is 15.6. The van der Waals surface area contributed by atoms with Gasteiger partial charge >= 0.3 is 0 Å². The number of hydrogen-bond donors (Lipinski definition) is 0. The SMILES string of the molecule is N#CCSc1nnc2n1CCCCC2. The highest BCUT2D eigenvalue weighted by Gasteiger charge is 2.14. The van der Waals surface area contributed by atoms with Crippen molar-refractivity contribution >= 4 is 11.8 Å². The largest absolute Gasteiger partial charge is 0.306 e. The molecule has 0 amide bonds. The summed E-state index contributed by atoms with van der Waals surface area (Å²) in [5.41, 5.74) is 0. The van der Waals surface area contributed by atoms with Crippen LogP contribution < -0.4 is 0 Å². The van der Waals surface area contributed by atoms with Crippen molar-refractivity contribution in [3.8, 4) is 6.07 Å². The van der Waals surface area contributed by atoms with Crippen molar-refractivity contribution in [2.75, 3.05) is 5.75 Å². The first kappa shape index (κ1) is 9.53. The summed E-state index contributed by atoms with van der Waals surface area (Å²) >= 11 is 1.48. The van der Waals surface area contributed by atoms with Crippen LogP contribution in [0.25, 0.3) is 0 Å². The minimum absolute atomic E-state index is 0.456. The summed E-state index contributed by atoms with van der Waals surface area (Å²) in [6.45, 7) is 1.01. The molecule has 74 valence electrons. The van der Waals surface area contributed by atoms with Gasteiger partial charge in [-0.3, -0.25) is 0 Å². The molecule has 14 heavy (non-hydrogen) atoms. The van der Waals surface area contributed by atoms with Crippen LogP contribution in [-0.4, -0.2) is 20.5 Å². The molecule has 1 aromatic rings. The van der Waals surface area contributed by atoms with E-state index in [9.17, 15) is 0 Å². The number of aryl methyl sites for hydroxylation is 1. The fourth-order valence-electron chi connectivity index (χ4n) is 1.66. The summed E-state index contributed by atoms with van der Waals surface area (Å²) in [4.78, 5) is 0. The Morgan fingerprint density at radius 3 is 3.14 bits per heavy atom. The second-order valence-corrected chi connectivity index (χ2v) is 4.25. The van der Waals surface area contributed by atoms with Crippen molar-refractivity contribution in [1.82, 2.24) is 14.8 Å². The Hall–Kier alpha value is -1.02. The molecule has 0 saturated heterocycles. The van der Waals surface area contributed by atoms with Gasteiger partial charge in [0.25, 0.3) is 0 Å². The van der Waals surface area contributed by atoms with Crippen molar-refractivity contribution < 1.29 is 0 Å². The van der Waals surface area contributed by atoms with E-state index in [2.05, 4.69) is 20.8 Å². The van der Waals surface area contributed by atoms with E-state index in [1.165, 1.54) is 31.0 Å². The number of fused-ring (bicyclic) bond motifs is 1. The highest BCUT2D eigenvalue weighted by Crippen LogP contribution is 2.20. The third-order valence-electron chi connectivity index (χ3n) is 2.34. The molecule has 0 fully saturated rings. The number of hydrogen-bond acceptors (Lipinski definition) is 4. The highest BCUT2D eigenvalue weighted by atomic mass is 32.2. The second-order valence-electron chi connectivity index (χ2n) is 3.31. The van der Waals surface area contributed by atoms with E-state index in [-0.39, 0.29) is 0 Å². The van der Waals surface area contributed by atoms with Crippen LogP contribution in [0.4, 0.5) is 0 Å². The highest BCUT2D eigenvalue weighted by molar-refractivity contribution is 7.99. The molecule has 0 unspecified atom stereocenters. The van der Waals surface area contributed by atoms with Gasteiger partial charge in [-0.15, -0.1) is 10.2 Å². The molecule has 2 rings (SSSR count). The van der Waals surface area contributed by atoms with Crippen molar-refractivity contribution in [1.29, 1.82) is 5.26 Å². The van der Waals surface area contributed by atoms with E-state index in [0.29, 0.717) is 5.75 Å². The lowest BCUT2D eigenvalue weighted by Gasteiger charge is -2.03. The number of nitrogens with zero attached hydrogens (tertiary/aromatic N) is 4. The molecule has 0 bridgehead atoms. The topological polar surface area (TPSA) is 54.5 Å². The molecule has 0 aliphatic carbocycles. The van der Waals surface area contributed by atoms with Gasteiger partial charge < -0.3 is 4.57 Å². The molecule has 0 spiro atoms. The predicted octanol–water partition coefficient (Wildman–Crippen LogP) is 1.62. The van der Waals surface area contributed by atoms with Crippen LogP contribution in [0.2, 0.25) is 0 Å². The number of rotatable bonds is 2. The van der Waals surface area contributed by atoms with Gasteiger partial charge in [0.2, 0.25) is 0 Å². The minimum Gasteiger partial charge on any atom is -0.306 e. The maximum absolute atomic E-state index is 8.50. The van der Waals surface area contributed by atoms with Gasteiger partial charge in [-0.25, -0.2) is 0 Å². The minimum atomic E-state index is 0.456. The molecule has 0 saturated carbocycles. The van der Waals surface area contributed by atoms with Crippen LogP contribution in [0.5, 0.6) is 0 Å². The van der Waals surface area contributed by atoms with Gasteiger partial charge in [0.1, 0.15) is 5.82 Å². The van der Waals surface area contributed by atoms with Gasteiger partial charge in [0.05, 0.1) is 11.8 Å². The lowest BCUT2D eigenvalue weighted by Crippen LogP contribution is -2.02. The van der Waals surface area contributed by atoms with Gasteiger partial charge in [-0.1, -0.05) is 18.2 Å². The second kappa shape index (κ2) is 4.47. The molecule has 0 radical (unpaired) electrons. The monoisotopic (exact) mass is 208 g/mol. The maximum atomic E-state index is 8.50. The fourth-order valence-corrected chi connectivity index (χ4v) is 2.31. The van der Waals surface area contributed by atoms with Crippen LogP contribution in [0.15, 0.2) is 5.16 Å². The average Bonchev–Trinajstić information content (AvgIpc) is 2.45. The Kier molecular flexibility index (Phi) is 3.04. The molecule has 0 N–H and O–H groups in total. The van der Waals surface area contributed by atoms with Crippen molar-refractivity contribution in [3.63, 3.8) is 0 Å².